The summed E-state index contributed by atoms with van der Waals surface area (Å²) in [4.78, 5) is 0.665. The lowest BCUT2D eigenvalue weighted by Crippen LogP contribution is -2.14. The zero-order valence-electron chi connectivity index (χ0n) is 22.7. The van der Waals surface area contributed by atoms with Crippen LogP contribution in [0.2, 0.25) is 0 Å². The number of hydrogen-bond acceptors (Lipinski definition) is 2. The van der Waals surface area contributed by atoms with Gasteiger partial charge < -0.3 is 10.0 Å². The van der Waals surface area contributed by atoms with Gasteiger partial charge in [-0.25, -0.2) is 0 Å². The Labute approximate surface area is 242 Å². The summed E-state index contributed by atoms with van der Waals surface area (Å²) in [6, 6.07) is 27.1. The largest absolute Gasteiger partial charge is 0.416 e. The third kappa shape index (κ3) is 6.36. The standard InChI is InChI=1S/C33H28F6N2S/c1-42(2,41-26-12-7-4-8-13-26)31-27(22-16-17-23(20-22)32(34,35)36)14-9-15-28(31)29-21-24(33(37,38)39)18-19-30(29)40-25-10-5-3-6-11-25/h3-22,40-41H,1-2H3. The third-order valence-corrected chi connectivity index (χ3v) is 9.14. The van der Waals surface area contributed by atoms with Crippen LogP contribution in [0.4, 0.5) is 43.4 Å². The number of hydrogen-bond donors (Lipinski definition) is 2. The Kier molecular flexibility index (Phi) is 7.90. The second-order valence-electron chi connectivity index (χ2n) is 10.3. The highest BCUT2D eigenvalue weighted by atomic mass is 32.3. The van der Waals surface area contributed by atoms with Crippen molar-refractivity contribution in [3.63, 3.8) is 0 Å². The van der Waals surface area contributed by atoms with Crippen molar-refractivity contribution in [2.45, 2.75) is 23.2 Å². The van der Waals surface area contributed by atoms with E-state index in [0.717, 1.165) is 30.0 Å². The molecule has 0 bridgehead atoms. The highest BCUT2D eigenvalue weighted by Crippen LogP contribution is 2.57. The predicted octanol–water partition coefficient (Wildman–Crippen LogP) is 10.7. The second kappa shape index (κ2) is 11.3. The van der Waals surface area contributed by atoms with Crippen LogP contribution in [0, 0.1) is 0 Å². The minimum Gasteiger partial charge on any atom is -0.355 e. The highest BCUT2D eigenvalue weighted by molar-refractivity contribution is 8.33. The molecule has 1 atom stereocenters. The molecule has 0 fully saturated rings. The van der Waals surface area contributed by atoms with E-state index in [-0.39, 0.29) is 0 Å². The van der Waals surface area contributed by atoms with Gasteiger partial charge >= 0.3 is 12.4 Å². The van der Waals surface area contributed by atoms with Gasteiger partial charge in [0.2, 0.25) is 0 Å². The third-order valence-electron chi connectivity index (χ3n) is 6.92. The van der Waals surface area contributed by atoms with E-state index in [1.165, 1.54) is 12.1 Å². The van der Waals surface area contributed by atoms with Crippen LogP contribution in [0.3, 0.4) is 0 Å². The minimum atomic E-state index is -4.60. The smallest absolute Gasteiger partial charge is 0.355 e. The lowest BCUT2D eigenvalue weighted by atomic mass is 9.93. The molecule has 9 heteroatoms. The van der Waals surface area contributed by atoms with Crippen molar-refractivity contribution in [2.24, 2.45) is 0 Å². The Morgan fingerprint density at radius 2 is 1.31 bits per heavy atom. The summed E-state index contributed by atoms with van der Waals surface area (Å²) >= 11 is 0. The zero-order valence-corrected chi connectivity index (χ0v) is 23.5. The van der Waals surface area contributed by atoms with Gasteiger partial charge in [0.15, 0.2) is 0 Å². The first-order valence-corrected chi connectivity index (χ1v) is 15.5. The van der Waals surface area contributed by atoms with Crippen molar-refractivity contribution in [2.75, 3.05) is 22.6 Å². The number of para-hydroxylation sites is 2. The topological polar surface area (TPSA) is 24.1 Å². The summed E-state index contributed by atoms with van der Waals surface area (Å²) in [6.45, 7) is 0. The van der Waals surface area contributed by atoms with E-state index in [0.29, 0.717) is 33.0 Å². The van der Waals surface area contributed by atoms with Gasteiger partial charge in [-0.15, -0.1) is 10.2 Å². The molecule has 218 valence electrons. The van der Waals surface area contributed by atoms with E-state index in [4.69, 9.17) is 0 Å². The maximum Gasteiger partial charge on any atom is 0.416 e. The van der Waals surface area contributed by atoms with Crippen LogP contribution in [0.1, 0.15) is 17.0 Å². The SMILES string of the molecule is CS(C)(Nc1ccccc1)c1c(-c2cc(C(F)(F)F)ccc2Nc2ccccc2)cccc1C1C=CC(C(F)(F)F)=C1. The average molecular weight is 599 g/mol. The molecule has 1 aliphatic rings. The first-order chi connectivity index (χ1) is 19.8. The lowest BCUT2D eigenvalue weighted by Gasteiger charge is -2.38. The molecule has 42 heavy (non-hydrogen) atoms. The summed E-state index contributed by atoms with van der Waals surface area (Å²) in [5, 5.41) is 3.24. The van der Waals surface area contributed by atoms with Gasteiger partial charge in [0.05, 0.1) is 11.1 Å². The summed E-state index contributed by atoms with van der Waals surface area (Å²) < 4.78 is 86.3. The van der Waals surface area contributed by atoms with Crippen molar-refractivity contribution in [3.8, 4) is 11.1 Å². The zero-order chi connectivity index (χ0) is 30.1. The van der Waals surface area contributed by atoms with Crippen molar-refractivity contribution < 1.29 is 26.3 Å². The van der Waals surface area contributed by atoms with E-state index in [2.05, 4.69) is 10.0 Å². The number of benzene rings is 4. The number of allylic oxidation sites excluding steroid dienone is 4. The average Bonchev–Trinajstić information content (AvgIpc) is 3.45. The molecule has 0 aromatic heterocycles. The first kappa shape index (κ1) is 29.4. The van der Waals surface area contributed by atoms with E-state index in [9.17, 15) is 26.3 Å². The predicted molar refractivity (Wildman–Crippen MR) is 160 cm³/mol. The summed E-state index contributed by atoms with van der Waals surface area (Å²) in [7, 11) is -2.05. The van der Waals surface area contributed by atoms with E-state index in [1.54, 1.807) is 30.3 Å². The molecule has 2 nitrogen and oxygen atoms in total. The number of alkyl halides is 6. The Hall–Kier alpha value is -4.11. The minimum absolute atomic E-state index is 0.294. The number of rotatable bonds is 7. The van der Waals surface area contributed by atoms with Gasteiger partial charge in [-0.05, 0) is 66.1 Å². The van der Waals surface area contributed by atoms with Gasteiger partial charge in [-0.2, -0.15) is 26.3 Å². The molecule has 0 amide bonds. The Morgan fingerprint density at radius 3 is 1.90 bits per heavy atom. The van der Waals surface area contributed by atoms with Crippen molar-refractivity contribution in [1.82, 2.24) is 0 Å². The number of nitrogens with one attached hydrogen (secondary N) is 2. The maximum atomic E-state index is 14.0. The monoisotopic (exact) mass is 598 g/mol. The molecule has 4 aromatic rings. The van der Waals surface area contributed by atoms with Gasteiger partial charge in [0.25, 0.3) is 0 Å². The molecule has 0 aliphatic heterocycles. The molecule has 2 N–H and O–H groups in total. The molecule has 5 rings (SSSR count). The van der Waals surface area contributed by atoms with Gasteiger partial charge in [0, 0.05) is 33.4 Å². The van der Waals surface area contributed by atoms with Crippen LogP contribution in [0.5, 0.6) is 0 Å². The van der Waals surface area contributed by atoms with Gasteiger partial charge in [-0.3, -0.25) is 0 Å². The Bertz CT molecular complexity index is 1620. The highest BCUT2D eigenvalue weighted by Gasteiger charge is 2.36. The van der Waals surface area contributed by atoms with Crippen molar-refractivity contribution in [3.05, 3.63) is 132 Å². The summed E-state index contributed by atoms with van der Waals surface area (Å²) in [5.41, 5.74) is 1.73. The van der Waals surface area contributed by atoms with Gasteiger partial charge in [-0.1, -0.05) is 72.8 Å². The molecular weight excluding hydrogens is 570 g/mol. The van der Waals surface area contributed by atoms with Crippen LogP contribution >= 0.6 is 10.2 Å². The molecule has 0 saturated heterocycles. The van der Waals surface area contributed by atoms with Crippen molar-refractivity contribution >= 4 is 27.3 Å². The summed E-state index contributed by atoms with van der Waals surface area (Å²) in [5.74, 6) is -0.711. The molecule has 0 saturated carbocycles. The Balaban J connectivity index is 1.75. The molecule has 1 unspecified atom stereocenters. The van der Waals surface area contributed by atoms with Crippen LogP contribution in [-0.4, -0.2) is 18.7 Å². The fourth-order valence-corrected chi connectivity index (χ4v) is 7.42. The van der Waals surface area contributed by atoms with Crippen molar-refractivity contribution in [1.29, 1.82) is 0 Å². The molecule has 1 aliphatic carbocycles. The lowest BCUT2D eigenvalue weighted by molar-refractivity contribution is -0.137. The Morgan fingerprint density at radius 1 is 0.667 bits per heavy atom. The molecular formula is C33H28F6N2S. The fraction of sp³-hybridized carbons (Fsp3) is 0.152. The van der Waals surface area contributed by atoms with Crippen LogP contribution in [0.25, 0.3) is 11.1 Å². The first-order valence-electron chi connectivity index (χ1n) is 13.0. The second-order valence-corrected chi connectivity index (χ2v) is 13.5. The van der Waals surface area contributed by atoms with Crippen LogP contribution in [0.15, 0.2) is 126 Å². The molecule has 0 heterocycles. The van der Waals surface area contributed by atoms with E-state index in [1.807, 2.05) is 61.0 Å². The molecule has 0 radical (unpaired) electrons. The van der Waals surface area contributed by atoms with Gasteiger partial charge in [0.1, 0.15) is 0 Å². The fourth-order valence-electron chi connectivity index (χ4n) is 5.07. The maximum absolute atomic E-state index is 14.0. The van der Waals surface area contributed by atoms with E-state index < -0.39 is 39.6 Å². The van der Waals surface area contributed by atoms with Crippen LogP contribution in [-0.2, 0) is 6.18 Å². The normalized spacial score (nSPS) is 15.8. The quantitative estimate of drug-likeness (QED) is 0.207. The van der Waals surface area contributed by atoms with E-state index >= 15 is 0 Å². The number of halogens is 6. The van der Waals surface area contributed by atoms with Crippen LogP contribution < -0.4 is 10.0 Å². The number of anilines is 3. The molecule has 4 aromatic carbocycles. The summed E-state index contributed by atoms with van der Waals surface area (Å²) in [6.07, 6.45) is -1.50. The molecule has 0 spiro atoms.